The summed E-state index contributed by atoms with van der Waals surface area (Å²) in [5, 5.41) is 10.8. The molecule has 0 unspecified atom stereocenters. The number of aliphatic hydroxyl groups is 1. The maximum atomic E-state index is 10.9. The second-order valence-electron chi connectivity index (χ2n) is 13.0. The third kappa shape index (κ3) is 3.26. The van der Waals surface area contributed by atoms with Crippen molar-refractivity contribution in [3.8, 4) is 0 Å². The van der Waals surface area contributed by atoms with Gasteiger partial charge in [0.2, 0.25) is 0 Å². The number of allylic oxidation sites excluding steroid dienone is 6. The van der Waals surface area contributed by atoms with E-state index in [9.17, 15) is 9.90 Å². The molecule has 0 heterocycles. The summed E-state index contributed by atoms with van der Waals surface area (Å²) >= 11 is 0. The van der Waals surface area contributed by atoms with Crippen LogP contribution in [0, 0.1) is 39.4 Å². The lowest BCUT2D eigenvalue weighted by Crippen LogP contribution is -2.54. The summed E-state index contributed by atoms with van der Waals surface area (Å²) in [5.41, 5.74) is 4.86. The molecule has 4 aliphatic carbocycles. The average molecular weight is 439 g/mol. The van der Waals surface area contributed by atoms with Crippen LogP contribution in [0.3, 0.4) is 0 Å². The van der Waals surface area contributed by atoms with Crippen LogP contribution in [0.2, 0.25) is 0 Å². The molecule has 1 N–H and O–H groups in total. The van der Waals surface area contributed by atoms with E-state index in [-0.39, 0.29) is 22.3 Å². The summed E-state index contributed by atoms with van der Waals surface area (Å²) in [6.45, 7) is 16.6. The molecule has 0 aromatic carbocycles. The highest BCUT2D eigenvalue weighted by Gasteiger charge is 2.62. The second-order valence-corrected chi connectivity index (χ2v) is 13.0. The van der Waals surface area contributed by atoms with Crippen molar-refractivity contribution in [3.05, 3.63) is 34.9 Å². The van der Waals surface area contributed by atoms with E-state index in [2.05, 4.69) is 59.8 Å². The summed E-state index contributed by atoms with van der Waals surface area (Å²) in [6, 6.07) is 0. The van der Waals surface area contributed by atoms with Crippen LogP contribution in [0.15, 0.2) is 34.9 Å². The molecule has 0 bridgehead atoms. The van der Waals surface area contributed by atoms with Gasteiger partial charge < -0.3 is 5.11 Å². The molecule has 0 amide bonds. The molecule has 2 heteroatoms. The summed E-state index contributed by atoms with van der Waals surface area (Å²) in [4.78, 5) is 10.9. The Bertz CT molecular complexity index is 860. The summed E-state index contributed by atoms with van der Waals surface area (Å²) in [7, 11) is 0. The van der Waals surface area contributed by atoms with Gasteiger partial charge in [-0.1, -0.05) is 59.8 Å². The molecule has 0 spiro atoms. The normalized spacial score (nSPS) is 44.0. The van der Waals surface area contributed by atoms with Gasteiger partial charge in [-0.15, -0.1) is 0 Å². The predicted molar refractivity (Wildman–Crippen MR) is 133 cm³/mol. The summed E-state index contributed by atoms with van der Waals surface area (Å²) < 4.78 is 0. The van der Waals surface area contributed by atoms with Crippen LogP contribution >= 0.6 is 0 Å². The topological polar surface area (TPSA) is 37.3 Å². The Morgan fingerprint density at radius 1 is 1.12 bits per heavy atom. The van der Waals surface area contributed by atoms with Crippen molar-refractivity contribution >= 4 is 6.29 Å². The fourth-order valence-electron chi connectivity index (χ4n) is 8.77. The van der Waals surface area contributed by atoms with Crippen molar-refractivity contribution < 1.29 is 9.90 Å². The Morgan fingerprint density at radius 3 is 2.53 bits per heavy atom. The first-order valence-corrected chi connectivity index (χ1v) is 13.1. The summed E-state index contributed by atoms with van der Waals surface area (Å²) in [5.74, 6) is 1.92. The van der Waals surface area contributed by atoms with E-state index in [1.54, 1.807) is 11.1 Å². The Labute approximate surface area is 196 Å². The highest BCUT2D eigenvalue weighted by molar-refractivity contribution is 5.71. The van der Waals surface area contributed by atoms with Gasteiger partial charge in [0, 0.05) is 0 Å². The third-order valence-electron chi connectivity index (χ3n) is 11.2. The highest BCUT2D eigenvalue weighted by atomic mass is 16.3. The molecule has 2 saturated carbocycles. The van der Waals surface area contributed by atoms with Gasteiger partial charge in [0.15, 0.2) is 0 Å². The van der Waals surface area contributed by atoms with E-state index >= 15 is 0 Å². The summed E-state index contributed by atoms with van der Waals surface area (Å²) in [6.07, 6.45) is 17.2. The zero-order valence-corrected chi connectivity index (χ0v) is 21.6. The van der Waals surface area contributed by atoms with Crippen molar-refractivity contribution in [2.24, 2.45) is 39.4 Å². The van der Waals surface area contributed by atoms with Crippen molar-refractivity contribution in [2.45, 2.75) is 106 Å². The minimum Gasteiger partial charge on any atom is -0.393 e. The Kier molecular flexibility index (Phi) is 5.97. The Morgan fingerprint density at radius 2 is 1.84 bits per heavy atom. The van der Waals surface area contributed by atoms with Crippen LogP contribution in [0.5, 0.6) is 0 Å². The fourth-order valence-corrected chi connectivity index (χ4v) is 8.77. The van der Waals surface area contributed by atoms with Crippen LogP contribution < -0.4 is 0 Å². The van der Waals surface area contributed by atoms with Crippen LogP contribution in [0.1, 0.15) is 99.8 Å². The van der Waals surface area contributed by atoms with Gasteiger partial charge >= 0.3 is 0 Å². The lowest BCUT2D eigenvalue weighted by molar-refractivity contribution is -0.104. The monoisotopic (exact) mass is 438 g/mol. The number of hydrogen-bond donors (Lipinski definition) is 1. The van der Waals surface area contributed by atoms with Crippen LogP contribution in [0.4, 0.5) is 0 Å². The maximum Gasteiger partial charge on any atom is 0.145 e. The van der Waals surface area contributed by atoms with E-state index in [0.29, 0.717) is 17.3 Å². The fraction of sp³-hybridized carbons (Fsp3) is 0.767. The first-order chi connectivity index (χ1) is 14.9. The smallest absolute Gasteiger partial charge is 0.145 e. The number of aldehydes is 1. The van der Waals surface area contributed by atoms with Crippen molar-refractivity contribution in [3.63, 3.8) is 0 Å². The number of carbonyl (C=O) groups excluding carboxylic acids is 1. The zero-order valence-electron chi connectivity index (χ0n) is 21.6. The van der Waals surface area contributed by atoms with Gasteiger partial charge in [-0.2, -0.15) is 0 Å². The quantitative estimate of drug-likeness (QED) is 0.358. The standard InChI is InChI=1S/C30H46O2/c1-20(19-31)9-8-10-21(2)22-13-17-30(7)24-11-12-25-27(3,4)26(32)15-16-28(25,5)23(24)14-18-29(22,30)6/h9,11,14,19,21-22,25-26,32H,8,10,12-13,15-18H2,1-7H3/b20-9+/t21-,22-,25+,26+,28-,29-,30+/m1/s1. The lowest BCUT2D eigenvalue weighted by Gasteiger charge is -2.61. The molecular weight excluding hydrogens is 392 g/mol. The molecule has 4 aliphatic rings. The molecule has 0 saturated heterocycles. The second kappa shape index (κ2) is 7.97. The number of aliphatic hydroxyl groups excluding tert-OH is 1. The van der Waals surface area contributed by atoms with Gasteiger partial charge in [0.25, 0.3) is 0 Å². The average Bonchev–Trinajstić information content (AvgIpc) is 3.02. The first-order valence-electron chi connectivity index (χ1n) is 13.1. The van der Waals surface area contributed by atoms with E-state index in [0.717, 1.165) is 43.5 Å². The Balaban J connectivity index is 1.63. The molecule has 2 nitrogen and oxygen atoms in total. The molecule has 4 rings (SSSR count). The van der Waals surface area contributed by atoms with E-state index in [4.69, 9.17) is 0 Å². The minimum atomic E-state index is -0.186. The molecule has 0 radical (unpaired) electrons. The predicted octanol–water partition coefficient (Wildman–Crippen LogP) is 7.43. The van der Waals surface area contributed by atoms with E-state index in [1.165, 1.54) is 25.7 Å². The number of rotatable bonds is 5. The van der Waals surface area contributed by atoms with Gasteiger partial charge in [-0.05, 0) is 114 Å². The van der Waals surface area contributed by atoms with Crippen LogP contribution in [-0.2, 0) is 4.79 Å². The van der Waals surface area contributed by atoms with Gasteiger partial charge in [0.1, 0.15) is 6.29 Å². The molecule has 178 valence electrons. The Hall–Kier alpha value is -1.15. The molecule has 0 aliphatic heterocycles. The number of fused-ring (bicyclic) bond motifs is 5. The molecular formula is C30H46O2. The van der Waals surface area contributed by atoms with Gasteiger partial charge in [0.05, 0.1) is 6.10 Å². The third-order valence-corrected chi connectivity index (χ3v) is 11.2. The van der Waals surface area contributed by atoms with Crippen molar-refractivity contribution in [1.29, 1.82) is 0 Å². The highest BCUT2D eigenvalue weighted by Crippen LogP contribution is 2.71. The molecule has 32 heavy (non-hydrogen) atoms. The minimum absolute atomic E-state index is 0.0303. The van der Waals surface area contributed by atoms with Crippen molar-refractivity contribution in [1.82, 2.24) is 0 Å². The maximum absolute atomic E-state index is 10.9. The van der Waals surface area contributed by atoms with Crippen LogP contribution in [-0.4, -0.2) is 17.5 Å². The SMILES string of the molecule is C/C(C=O)=C\CC[C@@H](C)[C@H]1CC[C@@]2(C)C3=CC[C@H]4C(C)(C)[C@@H](O)CC[C@]4(C)C3=CC[C@]12C. The van der Waals surface area contributed by atoms with Crippen LogP contribution in [0.25, 0.3) is 0 Å². The number of hydrogen-bond acceptors (Lipinski definition) is 2. The molecule has 0 aromatic heterocycles. The van der Waals surface area contributed by atoms with Gasteiger partial charge in [-0.3, -0.25) is 4.79 Å². The van der Waals surface area contributed by atoms with E-state index < -0.39 is 0 Å². The number of carbonyl (C=O) groups is 1. The van der Waals surface area contributed by atoms with E-state index in [1.807, 2.05) is 6.92 Å². The largest absolute Gasteiger partial charge is 0.393 e. The first kappa shape index (κ1) is 24.0. The molecule has 0 aromatic rings. The molecule has 7 atom stereocenters. The van der Waals surface area contributed by atoms with Gasteiger partial charge in [-0.25, -0.2) is 0 Å². The molecule has 2 fully saturated rings. The van der Waals surface area contributed by atoms with Crippen molar-refractivity contribution in [2.75, 3.05) is 0 Å². The lowest BCUT2D eigenvalue weighted by atomic mass is 9.44. The zero-order chi connectivity index (χ0) is 23.5.